The molecular weight excluding hydrogens is 362 g/mol. The van der Waals surface area contributed by atoms with Crippen LogP contribution in [0.15, 0.2) is 35.2 Å². The maximum atomic E-state index is 13.9. The zero-order chi connectivity index (χ0) is 15.8. The molecule has 0 aliphatic carbocycles. The van der Waals surface area contributed by atoms with Crippen molar-refractivity contribution >= 4 is 56.2 Å². The fraction of sp³-hybridized carbons (Fsp3) is 0. The molecule has 0 spiro atoms. The van der Waals surface area contributed by atoms with Crippen LogP contribution < -0.4 is 10.5 Å². The Labute approximate surface area is 135 Å². The van der Waals surface area contributed by atoms with Gasteiger partial charge in [0.1, 0.15) is 4.90 Å². The van der Waals surface area contributed by atoms with E-state index in [-0.39, 0.29) is 26.4 Å². The topological polar surface area (TPSA) is 72.2 Å². The molecule has 0 radical (unpaired) electrons. The van der Waals surface area contributed by atoms with Crippen LogP contribution in [-0.4, -0.2) is 8.42 Å². The van der Waals surface area contributed by atoms with E-state index >= 15 is 0 Å². The van der Waals surface area contributed by atoms with Gasteiger partial charge in [0.15, 0.2) is 5.82 Å². The number of hydrogen-bond acceptors (Lipinski definition) is 3. The molecule has 0 unspecified atom stereocenters. The van der Waals surface area contributed by atoms with Gasteiger partial charge >= 0.3 is 0 Å². The number of nitrogens with one attached hydrogen (secondary N) is 1. The van der Waals surface area contributed by atoms with Gasteiger partial charge in [-0.1, -0.05) is 34.8 Å². The first-order valence-electron chi connectivity index (χ1n) is 5.43. The van der Waals surface area contributed by atoms with Crippen LogP contribution in [0, 0.1) is 5.82 Å². The third-order valence-electron chi connectivity index (χ3n) is 2.49. The van der Waals surface area contributed by atoms with Gasteiger partial charge in [-0.25, -0.2) is 12.8 Å². The van der Waals surface area contributed by atoms with Crippen LogP contribution in [-0.2, 0) is 10.0 Å². The van der Waals surface area contributed by atoms with Gasteiger partial charge in [-0.3, -0.25) is 4.72 Å². The van der Waals surface area contributed by atoms with E-state index in [1.54, 1.807) is 0 Å². The van der Waals surface area contributed by atoms with E-state index in [1.165, 1.54) is 18.2 Å². The van der Waals surface area contributed by atoms with Crippen LogP contribution >= 0.6 is 34.8 Å². The lowest BCUT2D eigenvalue weighted by Crippen LogP contribution is -2.15. The van der Waals surface area contributed by atoms with Crippen LogP contribution in [0.4, 0.5) is 15.8 Å². The quantitative estimate of drug-likeness (QED) is 0.798. The molecule has 21 heavy (non-hydrogen) atoms. The summed E-state index contributed by atoms with van der Waals surface area (Å²) >= 11 is 17.3. The van der Waals surface area contributed by atoms with Crippen molar-refractivity contribution in [2.45, 2.75) is 4.90 Å². The van der Waals surface area contributed by atoms with E-state index < -0.39 is 20.7 Å². The molecule has 0 atom stereocenters. The smallest absolute Gasteiger partial charge is 0.264 e. The van der Waals surface area contributed by atoms with E-state index in [0.717, 1.165) is 12.1 Å². The Kier molecular flexibility index (Phi) is 4.53. The Hall–Kier alpha value is -1.21. The second-order valence-corrected chi connectivity index (χ2v) is 6.97. The summed E-state index contributed by atoms with van der Waals surface area (Å²) < 4.78 is 40.5. The highest BCUT2D eigenvalue weighted by Gasteiger charge is 2.23. The Bertz CT molecular complexity index is 812. The van der Waals surface area contributed by atoms with E-state index in [2.05, 4.69) is 4.72 Å². The molecule has 3 N–H and O–H groups in total. The van der Waals surface area contributed by atoms with Crippen molar-refractivity contribution in [1.29, 1.82) is 0 Å². The minimum atomic E-state index is -4.26. The summed E-state index contributed by atoms with van der Waals surface area (Å²) in [5.74, 6) is -1.09. The molecule has 4 nitrogen and oxygen atoms in total. The Balaban J connectivity index is 2.51. The van der Waals surface area contributed by atoms with Crippen molar-refractivity contribution in [2.24, 2.45) is 0 Å². The predicted molar refractivity (Wildman–Crippen MR) is 83.1 cm³/mol. The van der Waals surface area contributed by atoms with Crippen molar-refractivity contribution in [3.63, 3.8) is 0 Å². The number of rotatable bonds is 3. The summed E-state index contributed by atoms with van der Waals surface area (Å²) in [6.07, 6.45) is 0. The first-order chi connectivity index (χ1) is 9.70. The van der Waals surface area contributed by atoms with Crippen molar-refractivity contribution in [1.82, 2.24) is 0 Å². The third-order valence-corrected chi connectivity index (χ3v) is 4.64. The van der Waals surface area contributed by atoms with Crippen molar-refractivity contribution < 1.29 is 12.8 Å². The van der Waals surface area contributed by atoms with Gasteiger partial charge in [0.2, 0.25) is 0 Å². The molecule has 112 valence electrons. The summed E-state index contributed by atoms with van der Waals surface area (Å²) in [5, 5.41) is 0.369. The molecule has 2 aromatic rings. The molecule has 0 saturated heterocycles. The Morgan fingerprint density at radius 2 is 1.71 bits per heavy atom. The van der Waals surface area contributed by atoms with E-state index in [4.69, 9.17) is 40.5 Å². The van der Waals surface area contributed by atoms with Crippen LogP contribution in [0.2, 0.25) is 15.1 Å². The molecule has 0 amide bonds. The van der Waals surface area contributed by atoms with Crippen LogP contribution in [0.25, 0.3) is 0 Å². The van der Waals surface area contributed by atoms with Gasteiger partial charge in [0.25, 0.3) is 10.0 Å². The fourth-order valence-corrected chi connectivity index (χ4v) is 3.44. The van der Waals surface area contributed by atoms with Crippen molar-refractivity contribution in [3.8, 4) is 0 Å². The highest BCUT2D eigenvalue weighted by molar-refractivity contribution is 7.92. The highest BCUT2D eigenvalue weighted by Crippen LogP contribution is 2.30. The zero-order valence-electron chi connectivity index (χ0n) is 10.2. The molecule has 9 heteroatoms. The molecule has 0 aromatic heterocycles. The maximum Gasteiger partial charge on any atom is 0.264 e. The van der Waals surface area contributed by atoms with Crippen molar-refractivity contribution in [2.75, 3.05) is 10.5 Å². The lowest BCUT2D eigenvalue weighted by atomic mass is 10.3. The molecule has 2 rings (SSSR count). The molecule has 2 aromatic carbocycles. The number of anilines is 2. The second-order valence-electron chi connectivity index (χ2n) is 4.04. The van der Waals surface area contributed by atoms with Gasteiger partial charge in [-0.2, -0.15) is 0 Å². The standard InChI is InChI=1S/C12H8Cl3FN2O2S/c13-6-1-2-8(15)10(4-6)18-21(19,20)11-5-7(14)3-9(17)12(11)16/h1-5,18H,17H2. The summed E-state index contributed by atoms with van der Waals surface area (Å²) in [6.45, 7) is 0. The first-order valence-corrected chi connectivity index (χ1v) is 8.05. The largest absolute Gasteiger partial charge is 0.396 e. The monoisotopic (exact) mass is 368 g/mol. The van der Waals surface area contributed by atoms with Gasteiger partial charge in [0.05, 0.1) is 16.4 Å². The molecule has 0 fully saturated rings. The highest BCUT2D eigenvalue weighted by atomic mass is 35.5. The van der Waals surface area contributed by atoms with E-state index in [9.17, 15) is 12.8 Å². The minimum absolute atomic E-state index is 0.00790. The summed E-state index contributed by atoms with van der Waals surface area (Å²) in [7, 11) is -4.26. The maximum absolute atomic E-state index is 13.9. The molecule has 0 saturated carbocycles. The average molecular weight is 370 g/mol. The first kappa shape index (κ1) is 16.2. The number of nitrogens with two attached hydrogens (primary N) is 1. The van der Waals surface area contributed by atoms with Gasteiger partial charge in [-0.05, 0) is 30.3 Å². The molecule has 0 bridgehead atoms. The minimum Gasteiger partial charge on any atom is -0.396 e. The number of benzene rings is 2. The second kappa shape index (κ2) is 5.88. The van der Waals surface area contributed by atoms with Crippen LogP contribution in [0.3, 0.4) is 0 Å². The van der Waals surface area contributed by atoms with Gasteiger partial charge < -0.3 is 5.73 Å². The lowest BCUT2D eigenvalue weighted by molar-refractivity contribution is 0.573. The Morgan fingerprint density at radius 3 is 2.38 bits per heavy atom. The normalized spacial score (nSPS) is 11.4. The number of hydrogen-bond donors (Lipinski definition) is 2. The number of sulfonamides is 1. The third kappa shape index (κ3) is 3.52. The van der Waals surface area contributed by atoms with Gasteiger partial charge in [-0.15, -0.1) is 0 Å². The van der Waals surface area contributed by atoms with Crippen LogP contribution in [0.5, 0.6) is 0 Å². The number of halogens is 4. The summed E-state index contributed by atoms with van der Waals surface area (Å²) in [6, 6.07) is 6.26. The predicted octanol–water partition coefficient (Wildman–Crippen LogP) is 4.17. The van der Waals surface area contributed by atoms with E-state index in [1.807, 2.05) is 0 Å². The van der Waals surface area contributed by atoms with Crippen LogP contribution in [0.1, 0.15) is 0 Å². The van der Waals surface area contributed by atoms with Gasteiger partial charge in [0, 0.05) is 10.0 Å². The Morgan fingerprint density at radius 1 is 1.05 bits per heavy atom. The zero-order valence-corrected chi connectivity index (χ0v) is 13.3. The van der Waals surface area contributed by atoms with Crippen molar-refractivity contribution in [3.05, 3.63) is 51.2 Å². The lowest BCUT2D eigenvalue weighted by Gasteiger charge is -2.12. The average Bonchev–Trinajstić information content (AvgIpc) is 2.37. The molecule has 0 heterocycles. The summed E-state index contributed by atoms with van der Waals surface area (Å²) in [4.78, 5) is -0.677. The fourth-order valence-electron chi connectivity index (χ4n) is 1.56. The van der Waals surface area contributed by atoms with E-state index in [0.29, 0.717) is 0 Å². The number of nitrogen functional groups attached to an aromatic ring is 1. The SMILES string of the molecule is Nc1cc(Cl)cc(S(=O)(=O)Nc2cc(Cl)ccc2Cl)c1F. The molecule has 0 aliphatic heterocycles. The summed E-state index contributed by atoms with van der Waals surface area (Å²) in [5.41, 5.74) is 5.01. The molecular formula is C12H8Cl3FN2O2S. The molecule has 0 aliphatic rings.